The van der Waals surface area contributed by atoms with E-state index in [0.29, 0.717) is 0 Å². The minimum Gasteiger partial charge on any atom is -0.507 e. The van der Waals surface area contributed by atoms with Gasteiger partial charge in [-0.2, -0.15) is 0 Å². The Balaban J connectivity index is 1.99. The minimum atomic E-state index is -1.30. The lowest BCUT2D eigenvalue weighted by Gasteiger charge is -2.15. The van der Waals surface area contributed by atoms with Crippen LogP contribution < -0.4 is 4.90 Å². The van der Waals surface area contributed by atoms with E-state index in [1.165, 1.54) is 36.4 Å². The molecule has 0 unspecified atom stereocenters. The average Bonchev–Trinajstić information content (AvgIpc) is 2.84. The van der Waals surface area contributed by atoms with Gasteiger partial charge >= 0.3 is 5.97 Å². The number of benzene rings is 2. The number of carboxylic acids is 1. The molecule has 0 aliphatic carbocycles. The fourth-order valence-electron chi connectivity index (χ4n) is 2.31. The van der Waals surface area contributed by atoms with Gasteiger partial charge in [-0.15, -0.1) is 0 Å². The first-order chi connectivity index (χ1) is 12.3. The van der Waals surface area contributed by atoms with Crippen LogP contribution in [-0.4, -0.2) is 26.4 Å². The number of phenols is 1. The van der Waals surface area contributed by atoms with Crippen LogP contribution in [0.15, 0.2) is 41.3 Å². The Morgan fingerprint density at radius 3 is 2.65 bits per heavy atom. The summed E-state index contributed by atoms with van der Waals surface area (Å²) in [6.45, 7) is 0. The lowest BCUT2D eigenvalue weighted by Crippen LogP contribution is -2.27. The van der Waals surface area contributed by atoms with Crippen molar-refractivity contribution in [3.8, 4) is 5.75 Å². The summed E-state index contributed by atoms with van der Waals surface area (Å²) in [6, 6.07) is 7.83. The number of amides is 1. The average molecular weight is 410 g/mol. The molecule has 1 aliphatic heterocycles. The largest absolute Gasteiger partial charge is 0.507 e. The van der Waals surface area contributed by atoms with E-state index in [9.17, 15) is 19.1 Å². The maximum atomic E-state index is 13.9. The number of aromatic carboxylic acids is 1. The third-order valence-electron chi connectivity index (χ3n) is 3.54. The quantitative estimate of drug-likeness (QED) is 0.581. The van der Waals surface area contributed by atoms with E-state index < -0.39 is 23.4 Å². The van der Waals surface area contributed by atoms with Crippen LogP contribution in [0.25, 0.3) is 6.08 Å². The maximum absolute atomic E-state index is 13.9. The summed E-state index contributed by atoms with van der Waals surface area (Å²) in [6.07, 6.45) is 1.31. The molecule has 2 N–H and O–H groups in total. The molecular weight excluding hydrogens is 401 g/mol. The van der Waals surface area contributed by atoms with Crippen molar-refractivity contribution in [3.05, 3.63) is 63.3 Å². The maximum Gasteiger partial charge on any atom is 0.339 e. The van der Waals surface area contributed by atoms with Crippen LogP contribution in [0.1, 0.15) is 15.9 Å². The number of carboxylic acid groups (broad SMARTS) is 1. The molecule has 5 nitrogen and oxygen atoms in total. The molecule has 2 aromatic carbocycles. The van der Waals surface area contributed by atoms with Gasteiger partial charge in [-0.3, -0.25) is 9.69 Å². The van der Waals surface area contributed by atoms with Crippen molar-refractivity contribution in [1.82, 2.24) is 0 Å². The minimum absolute atomic E-state index is 0.0683. The molecule has 1 heterocycles. The molecule has 3 rings (SSSR count). The molecule has 26 heavy (non-hydrogen) atoms. The highest BCUT2D eigenvalue weighted by molar-refractivity contribution is 8.27. The van der Waals surface area contributed by atoms with Crippen LogP contribution >= 0.6 is 35.6 Å². The number of carbonyl (C=O) groups is 2. The predicted octanol–water partition coefficient (Wildman–Crippen LogP) is 4.29. The van der Waals surface area contributed by atoms with Crippen LogP contribution in [0.2, 0.25) is 5.02 Å². The third kappa shape index (κ3) is 3.31. The van der Waals surface area contributed by atoms with E-state index >= 15 is 0 Å². The van der Waals surface area contributed by atoms with Crippen molar-refractivity contribution in [2.75, 3.05) is 4.90 Å². The number of halogens is 2. The van der Waals surface area contributed by atoms with Gasteiger partial charge in [-0.05, 0) is 30.3 Å². The molecule has 9 heteroatoms. The zero-order chi connectivity index (χ0) is 19.0. The molecule has 2 aromatic rings. The first-order valence-corrected chi connectivity index (χ1v) is 8.68. The summed E-state index contributed by atoms with van der Waals surface area (Å²) in [4.78, 5) is 24.9. The lowest BCUT2D eigenvalue weighted by atomic mass is 10.1. The molecule has 0 radical (unpaired) electrons. The number of hydrogen-bond donors (Lipinski definition) is 2. The highest BCUT2D eigenvalue weighted by Gasteiger charge is 2.34. The summed E-state index contributed by atoms with van der Waals surface area (Å²) in [7, 11) is 0. The molecule has 0 saturated carbocycles. The first kappa shape index (κ1) is 18.4. The number of aromatic hydroxyl groups is 1. The molecular formula is C17H9ClFNO4S2. The summed E-state index contributed by atoms with van der Waals surface area (Å²) in [5.74, 6) is -2.90. The zero-order valence-corrected chi connectivity index (χ0v) is 15.2. The van der Waals surface area contributed by atoms with E-state index in [0.717, 1.165) is 22.7 Å². The van der Waals surface area contributed by atoms with Crippen LogP contribution in [0.4, 0.5) is 10.1 Å². The second-order valence-electron chi connectivity index (χ2n) is 5.16. The summed E-state index contributed by atoms with van der Waals surface area (Å²) in [5.41, 5.74) is -0.0235. The summed E-state index contributed by atoms with van der Waals surface area (Å²) in [5, 5.41) is 18.9. The SMILES string of the molecule is O=C(O)c1ccc(N2C(=O)/C(=C/c3c(F)cccc3Cl)SC2=S)cc1O. The van der Waals surface area contributed by atoms with Gasteiger partial charge in [0, 0.05) is 11.6 Å². The molecule has 0 aromatic heterocycles. The van der Waals surface area contributed by atoms with Gasteiger partial charge in [-0.1, -0.05) is 41.6 Å². The topological polar surface area (TPSA) is 77.8 Å². The van der Waals surface area contributed by atoms with Gasteiger partial charge in [0.2, 0.25) is 0 Å². The highest BCUT2D eigenvalue weighted by Crippen LogP contribution is 2.38. The Kier molecular flexibility index (Phi) is 4.99. The van der Waals surface area contributed by atoms with E-state index in [4.69, 9.17) is 28.9 Å². The van der Waals surface area contributed by atoms with Crippen molar-refractivity contribution >= 4 is 63.5 Å². The number of nitrogens with zero attached hydrogens (tertiary/aromatic N) is 1. The van der Waals surface area contributed by atoms with E-state index in [1.807, 2.05) is 0 Å². The number of anilines is 1. The Labute approximate surface area is 161 Å². The molecule has 0 bridgehead atoms. The molecule has 1 saturated heterocycles. The smallest absolute Gasteiger partial charge is 0.339 e. The fraction of sp³-hybridized carbons (Fsp3) is 0. The van der Waals surface area contributed by atoms with Gasteiger partial charge < -0.3 is 10.2 Å². The van der Waals surface area contributed by atoms with E-state index in [-0.39, 0.29) is 31.1 Å². The van der Waals surface area contributed by atoms with Crippen molar-refractivity contribution in [3.63, 3.8) is 0 Å². The Morgan fingerprint density at radius 2 is 2.04 bits per heavy atom. The second-order valence-corrected chi connectivity index (χ2v) is 7.24. The number of carbonyl (C=O) groups excluding carboxylic acids is 1. The van der Waals surface area contributed by atoms with Crippen LogP contribution in [0.3, 0.4) is 0 Å². The van der Waals surface area contributed by atoms with Crippen molar-refractivity contribution in [2.45, 2.75) is 0 Å². The number of hydrogen-bond acceptors (Lipinski definition) is 5. The molecule has 0 spiro atoms. The Hall–Kier alpha value is -2.42. The fourth-order valence-corrected chi connectivity index (χ4v) is 3.81. The molecule has 132 valence electrons. The normalized spacial score (nSPS) is 15.8. The molecule has 1 fully saturated rings. The van der Waals surface area contributed by atoms with Crippen molar-refractivity contribution in [1.29, 1.82) is 0 Å². The Morgan fingerprint density at radius 1 is 1.31 bits per heavy atom. The molecule has 1 aliphatic rings. The second kappa shape index (κ2) is 7.06. The van der Waals surface area contributed by atoms with E-state index in [2.05, 4.69) is 0 Å². The van der Waals surface area contributed by atoms with Gasteiger partial charge in [0.05, 0.1) is 15.6 Å². The van der Waals surface area contributed by atoms with Crippen LogP contribution in [0.5, 0.6) is 5.75 Å². The van der Waals surface area contributed by atoms with Crippen molar-refractivity contribution < 1.29 is 24.2 Å². The molecule has 1 amide bonds. The van der Waals surface area contributed by atoms with E-state index in [1.54, 1.807) is 0 Å². The van der Waals surface area contributed by atoms with Crippen LogP contribution in [-0.2, 0) is 4.79 Å². The van der Waals surface area contributed by atoms with Crippen LogP contribution in [0, 0.1) is 5.82 Å². The van der Waals surface area contributed by atoms with Gasteiger partial charge in [0.25, 0.3) is 5.91 Å². The summed E-state index contributed by atoms with van der Waals surface area (Å²) < 4.78 is 14.1. The van der Waals surface area contributed by atoms with Crippen molar-refractivity contribution in [2.24, 2.45) is 0 Å². The van der Waals surface area contributed by atoms with Gasteiger partial charge in [0.15, 0.2) is 4.32 Å². The number of thiocarbonyl (C=S) groups is 1. The Bertz CT molecular complexity index is 972. The van der Waals surface area contributed by atoms with Gasteiger partial charge in [0.1, 0.15) is 17.1 Å². The first-order valence-electron chi connectivity index (χ1n) is 7.08. The summed E-state index contributed by atoms with van der Waals surface area (Å²) >= 11 is 12.1. The number of thioether (sulfide) groups is 1. The molecule has 0 atom stereocenters. The third-order valence-corrected chi connectivity index (χ3v) is 5.17. The lowest BCUT2D eigenvalue weighted by molar-refractivity contribution is -0.113. The predicted molar refractivity (Wildman–Crippen MR) is 102 cm³/mol. The van der Waals surface area contributed by atoms with Gasteiger partial charge in [-0.25, -0.2) is 9.18 Å². The zero-order valence-electron chi connectivity index (χ0n) is 12.8. The number of rotatable bonds is 3. The monoisotopic (exact) mass is 409 g/mol. The highest BCUT2D eigenvalue weighted by atomic mass is 35.5. The standard InChI is InChI=1S/C17H9ClFNO4S2/c18-11-2-1-3-12(19)10(11)7-14-15(22)20(17(25)26-14)8-4-5-9(16(23)24)13(21)6-8/h1-7,21H,(H,23,24)/b14-7-.